The third kappa shape index (κ3) is 4.60. The summed E-state index contributed by atoms with van der Waals surface area (Å²) >= 11 is 0. The van der Waals surface area contributed by atoms with Crippen LogP contribution >= 0.6 is 0 Å². The second-order valence-corrected chi connectivity index (χ2v) is 6.65. The van der Waals surface area contributed by atoms with Crippen LogP contribution < -0.4 is 4.74 Å². The standard InChI is InChI=1S/C23H22N2O4/c1-15-21(16(2)25(24-15)19-7-5-4-6-8-19)13-14-22(26)18-9-11-20(12-10-18)29-17(3)23(27)28/h4-14,17H,1-3H3,(H,27,28)/b14-13+. The Balaban J connectivity index is 1.76. The van der Waals surface area contributed by atoms with Crippen LogP contribution in [0.2, 0.25) is 0 Å². The second-order valence-electron chi connectivity index (χ2n) is 6.65. The number of nitrogens with zero attached hydrogens (tertiary/aromatic N) is 2. The lowest BCUT2D eigenvalue weighted by Gasteiger charge is -2.10. The van der Waals surface area contributed by atoms with Gasteiger partial charge in [0.2, 0.25) is 0 Å². The highest BCUT2D eigenvalue weighted by atomic mass is 16.5. The molecular formula is C23H22N2O4. The molecule has 1 atom stereocenters. The summed E-state index contributed by atoms with van der Waals surface area (Å²) in [6.45, 7) is 5.32. The fourth-order valence-electron chi connectivity index (χ4n) is 2.92. The number of rotatable bonds is 7. The number of allylic oxidation sites excluding steroid dienone is 1. The average Bonchev–Trinajstić information content (AvgIpc) is 3.01. The minimum atomic E-state index is -1.05. The van der Waals surface area contributed by atoms with Gasteiger partial charge in [-0.25, -0.2) is 9.48 Å². The lowest BCUT2D eigenvalue weighted by atomic mass is 10.1. The molecule has 1 heterocycles. The maximum atomic E-state index is 12.5. The Kier molecular flexibility index (Phi) is 5.93. The van der Waals surface area contributed by atoms with E-state index in [9.17, 15) is 9.59 Å². The molecule has 0 saturated heterocycles. The first kappa shape index (κ1) is 20.1. The monoisotopic (exact) mass is 390 g/mol. The SMILES string of the molecule is Cc1nn(-c2ccccc2)c(C)c1/C=C/C(=O)c1ccc(OC(C)C(=O)O)cc1. The van der Waals surface area contributed by atoms with Gasteiger partial charge in [0.05, 0.1) is 11.4 Å². The molecule has 148 valence electrons. The van der Waals surface area contributed by atoms with Gasteiger partial charge in [0.1, 0.15) is 5.75 Å². The predicted octanol–water partition coefficient (Wildman–Crippen LogP) is 4.24. The Hall–Kier alpha value is -3.67. The van der Waals surface area contributed by atoms with Crippen LogP contribution in [0.1, 0.15) is 34.2 Å². The zero-order valence-corrected chi connectivity index (χ0v) is 16.5. The van der Waals surface area contributed by atoms with E-state index in [0.717, 1.165) is 22.6 Å². The molecule has 29 heavy (non-hydrogen) atoms. The normalized spacial score (nSPS) is 12.1. The molecule has 1 aromatic heterocycles. The van der Waals surface area contributed by atoms with Crippen molar-refractivity contribution in [1.82, 2.24) is 9.78 Å². The molecule has 0 aliphatic heterocycles. The van der Waals surface area contributed by atoms with Crippen molar-refractivity contribution in [3.8, 4) is 11.4 Å². The van der Waals surface area contributed by atoms with Crippen LogP contribution in [0.5, 0.6) is 5.75 Å². The fourth-order valence-corrected chi connectivity index (χ4v) is 2.92. The van der Waals surface area contributed by atoms with Gasteiger partial charge in [-0.1, -0.05) is 18.2 Å². The van der Waals surface area contributed by atoms with Crippen molar-refractivity contribution in [3.05, 3.63) is 83.2 Å². The van der Waals surface area contributed by atoms with Crippen molar-refractivity contribution in [2.75, 3.05) is 0 Å². The molecule has 6 heteroatoms. The molecule has 6 nitrogen and oxygen atoms in total. The molecule has 0 fully saturated rings. The summed E-state index contributed by atoms with van der Waals surface area (Å²) in [6, 6.07) is 16.2. The van der Waals surface area contributed by atoms with Gasteiger partial charge in [-0.2, -0.15) is 5.10 Å². The summed E-state index contributed by atoms with van der Waals surface area (Å²) < 4.78 is 7.13. The average molecular weight is 390 g/mol. The molecule has 3 aromatic rings. The molecular weight excluding hydrogens is 368 g/mol. The summed E-state index contributed by atoms with van der Waals surface area (Å²) in [5.41, 5.74) is 4.14. The first-order chi connectivity index (χ1) is 13.9. The summed E-state index contributed by atoms with van der Waals surface area (Å²) in [5.74, 6) is -0.805. The molecule has 0 aliphatic rings. The molecule has 3 rings (SSSR count). The van der Waals surface area contributed by atoms with Crippen molar-refractivity contribution in [2.45, 2.75) is 26.9 Å². The summed E-state index contributed by atoms with van der Waals surface area (Å²) in [5, 5.41) is 13.5. The zero-order valence-electron chi connectivity index (χ0n) is 16.5. The number of carbonyl (C=O) groups excluding carboxylic acids is 1. The van der Waals surface area contributed by atoms with Gasteiger partial charge in [0.25, 0.3) is 0 Å². The number of aromatic nitrogens is 2. The van der Waals surface area contributed by atoms with E-state index in [4.69, 9.17) is 9.84 Å². The lowest BCUT2D eigenvalue weighted by Crippen LogP contribution is -2.22. The summed E-state index contributed by atoms with van der Waals surface area (Å²) in [6.07, 6.45) is 2.34. The van der Waals surface area contributed by atoms with Crippen molar-refractivity contribution in [2.24, 2.45) is 0 Å². The van der Waals surface area contributed by atoms with E-state index in [1.165, 1.54) is 13.0 Å². The largest absolute Gasteiger partial charge is 0.479 e. The van der Waals surface area contributed by atoms with Crippen LogP contribution in [-0.4, -0.2) is 32.7 Å². The second kappa shape index (κ2) is 8.56. The number of benzene rings is 2. The number of hydrogen-bond acceptors (Lipinski definition) is 4. The number of para-hydroxylation sites is 1. The molecule has 0 aliphatic carbocycles. The minimum Gasteiger partial charge on any atom is -0.479 e. The van der Waals surface area contributed by atoms with E-state index in [1.807, 2.05) is 48.9 Å². The van der Waals surface area contributed by atoms with Crippen molar-refractivity contribution >= 4 is 17.8 Å². The van der Waals surface area contributed by atoms with Crippen LogP contribution in [-0.2, 0) is 4.79 Å². The zero-order chi connectivity index (χ0) is 21.0. The van der Waals surface area contributed by atoms with Gasteiger partial charge < -0.3 is 9.84 Å². The van der Waals surface area contributed by atoms with Gasteiger partial charge >= 0.3 is 5.97 Å². The molecule has 0 saturated carbocycles. The van der Waals surface area contributed by atoms with Gasteiger partial charge in [0, 0.05) is 16.8 Å². The number of carboxylic acids is 1. The minimum absolute atomic E-state index is 0.158. The highest BCUT2D eigenvalue weighted by molar-refractivity contribution is 6.07. The van der Waals surface area contributed by atoms with Crippen LogP contribution in [0.25, 0.3) is 11.8 Å². The number of ether oxygens (including phenoxy) is 1. The van der Waals surface area contributed by atoms with Crippen LogP contribution in [0.4, 0.5) is 0 Å². The number of aryl methyl sites for hydroxylation is 1. The Labute approximate surface area is 169 Å². The maximum Gasteiger partial charge on any atom is 0.344 e. The van der Waals surface area contributed by atoms with Gasteiger partial charge in [-0.3, -0.25) is 4.79 Å². The Bertz CT molecular complexity index is 1050. The van der Waals surface area contributed by atoms with Crippen LogP contribution in [0, 0.1) is 13.8 Å². The van der Waals surface area contributed by atoms with Crippen molar-refractivity contribution in [3.63, 3.8) is 0 Å². The number of hydrogen-bond donors (Lipinski definition) is 1. The Morgan fingerprint density at radius 1 is 1.07 bits per heavy atom. The number of carboxylic acid groups (broad SMARTS) is 1. The number of ketones is 1. The molecule has 0 amide bonds. The quantitative estimate of drug-likeness (QED) is 0.482. The fraction of sp³-hybridized carbons (Fsp3) is 0.174. The molecule has 2 aromatic carbocycles. The van der Waals surface area contributed by atoms with Gasteiger partial charge in [-0.05, 0) is 69.3 Å². The van der Waals surface area contributed by atoms with Gasteiger partial charge in [0.15, 0.2) is 11.9 Å². The molecule has 0 bridgehead atoms. The maximum absolute atomic E-state index is 12.5. The first-order valence-electron chi connectivity index (χ1n) is 9.20. The lowest BCUT2D eigenvalue weighted by molar-refractivity contribution is -0.144. The molecule has 0 radical (unpaired) electrons. The van der Waals surface area contributed by atoms with E-state index >= 15 is 0 Å². The van der Waals surface area contributed by atoms with Crippen LogP contribution in [0.3, 0.4) is 0 Å². The highest BCUT2D eigenvalue weighted by Crippen LogP contribution is 2.20. The molecule has 0 spiro atoms. The van der Waals surface area contributed by atoms with E-state index < -0.39 is 12.1 Å². The van der Waals surface area contributed by atoms with Crippen molar-refractivity contribution in [1.29, 1.82) is 0 Å². The van der Waals surface area contributed by atoms with E-state index in [-0.39, 0.29) is 5.78 Å². The van der Waals surface area contributed by atoms with E-state index in [1.54, 1.807) is 30.3 Å². The van der Waals surface area contributed by atoms with Crippen molar-refractivity contribution < 1.29 is 19.4 Å². The smallest absolute Gasteiger partial charge is 0.344 e. The van der Waals surface area contributed by atoms with E-state index in [0.29, 0.717) is 11.3 Å². The van der Waals surface area contributed by atoms with Gasteiger partial charge in [-0.15, -0.1) is 0 Å². The summed E-state index contributed by atoms with van der Waals surface area (Å²) in [7, 11) is 0. The topological polar surface area (TPSA) is 81.4 Å². The molecule has 1 N–H and O–H groups in total. The Morgan fingerprint density at radius 2 is 1.72 bits per heavy atom. The highest BCUT2D eigenvalue weighted by Gasteiger charge is 2.13. The first-order valence-corrected chi connectivity index (χ1v) is 9.20. The van der Waals surface area contributed by atoms with E-state index in [2.05, 4.69) is 5.10 Å². The number of carbonyl (C=O) groups is 2. The third-order valence-corrected chi connectivity index (χ3v) is 4.55. The molecule has 1 unspecified atom stereocenters. The third-order valence-electron chi connectivity index (χ3n) is 4.55. The Morgan fingerprint density at radius 3 is 2.34 bits per heavy atom. The predicted molar refractivity (Wildman–Crippen MR) is 111 cm³/mol. The summed E-state index contributed by atoms with van der Waals surface area (Å²) in [4.78, 5) is 23.4. The van der Waals surface area contributed by atoms with Crippen LogP contribution in [0.15, 0.2) is 60.7 Å². The number of aliphatic carboxylic acids is 1.